The van der Waals surface area contributed by atoms with E-state index in [-0.39, 0.29) is 17.8 Å². The standard InChI is InChI=1S/C12H15N5O3/c18-11(19)10-8-17(14-13-10)9-6-16(7-9)12(20)15-4-2-1-3-5-15/h1-2,8-9H,3-7H2,(H,18,19). The molecule has 1 saturated heterocycles. The highest BCUT2D eigenvalue weighted by Gasteiger charge is 2.35. The van der Waals surface area contributed by atoms with Crippen molar-refractivity contribution in [1.29, 1.82) is 0 Å². The van der Waals surface area contributed by atoms with E-state index in [9.17, 15) is 9.59 Å². The first kappa shape index (κ1) is 12.6. The number of hydrogen-bond donors (Lipinski definition) is 1. The Morgan fingerprint density at radius 1 is 1.25 bits per heavy atom. The van der Waals surface area contributed by atoms with E-state index in [2.05, 4.69) is 16.4 Å². The number of aromatic carboxylic acids is 1. The summed E-state index contributed by atoms with van der Waals surface area (Å²) in [6, 6.07) is 0.0454. The Hall–Kier alpha value is -2.38. The minimum Gasteiger partial charge on any atom is -0.476 e. The quantitative estimate of drug-likeness (QED) is 0.780. The van der Waals surface area contributed by atoms with Crippen LogP contribution in [-0.2, 0) is 0 Å². The minimum atomic E-state index is -1.09. The molecule has 106 valence electrons. The smallest absolute Gasteiger partial charge is 0.358 e. The van der Waals surface area contributed by atoms with E-state index in [1.807, 2.05) is 6.08 Å². The first-order chi connectivity index (χ1) is 9.65. The van der Waals surface area contributed by atoms with Gasteiger partial charge in [0.2, 0.25) is 0 Å². The second kappa shape index (κ2) is 4.95. The van der Waals surface area contributed by atoms with Crippen LogP contribution in [0.2, 0.25) is 0 Å². The first-order valence-corrected chi connectivity index (χ1v) is 6.49. The predicted molar refractivity (Wildman–Crippen MR) is 68.3 cm³/mol. The van der Waals surface area contributed by atoms with E-state index in [0.29, 0.717) is 19.6 Å². The molecule has 3 heterocycles. The molecule has 0 unspecified atom stereocenters. The lowest BCUT2D eigenvalue weighted by atomic mass is 10.1. The van der Waals surface area contributed by atoms with E-state index in [1.165, 1.54) is 10.9 Å². The maximum atomic E-state index is 12.1. The third-order valence-corrected chi connectivity index (χ3v) is 3.56. The third-order valence-electron chi connectivity index (χ3n) is 3.56. The summed E-state index contributed by atoms with van der Waals surface area (Å²) < 4.78 is 1.52. The van der Waals surface area contributed by atoms with Crippen LogP contribution in [-0.4, -0.2) is 68.1 Å². The van der Waals surface area contributed by atoms with Crippen LogP contribution < -0.4 is 0 Å². The van der Waals surface area contributed by atoms with Gasteiger partial charge in [0.05, 0.1) is 12.2 Å². The zero-order chi connectivity index (χ0) is 14.1. The number of nitrogens with zero attached hydrogens (tertiary/aromatic N) is 5. The van der Waals surface area contributed by atoms with Gasteiger partial charge < -0.3 is 14.9 Å². The Balaban J connectivity index is 1.56. The lowest BCUT2D eigenvalue weighted by Gasteiger charge is -2.41. The topological polar surface area (TPSA) is 91.6 Å². The predicted octanol–water partition coefficient (Wildman–Crippen LogP) is 0.215. The van der Waals surface area contributed by atoms with E-state index >= 15 is 0 Å². The molecule has 0 aromatic carbocycles. The molecule has 1 aromatic heterocycles. The molecule has 1 aromatic rings. The summed E-state index contributed by atoms with van der Waals surface area (Å²) in [5.74, 6) is -1.09. The average Bonchev–Trinajstić information content (AvgIpc) is 2.87. The van der Waals surface area contributed by atoms with Gasteiger partial charge in [0.25, 0.3) is 0 Å². The van der Waals surface area contributed by atoms with Gasteiger partial charge in [0.1, 0.15) is 0 Å². The number of likely N-dealkylation sites (tertiary alicyclic amines) is 1. The summed E-state index contributed by atoms with van der Waals surface area (Å²) >= 11 is 0. The monoisotopic (exact) mass is 277 g/mol. The van der Waals surface area contributed by atoms with E-state index in [1.54, 1.807) is 9.80 Å². The van der Waals surface area contributed by atoms with Crippen molar-refractivity contribution in [1.82, 2.24) is 24.8 Å². The number of rotatable bonds is 2. The van der Waals surface area contributed by atoms with E-state index in [4.69, 9.17) is 5.11 Å². The highest BCUT2D eigenvalue weighted by atomic mass is 16.4. The third kappa shape index (κ3) is 2.24. The van der Waals surface area contributed by atoms with Gasteiger partial charge in [-0.2, -0.15) is 0 Å². The van der Waals surface area contributed by atoms with Crippen LogP contribution in [0.1, 0.15) is 23.0 Å². The molecular weight excluding hydrogens is 262 g/mol. The zero-order valence-corrected chi connectivity index (χ0v) is 10.8. The largest absolute Gasteiger partial charge is 0.476 e. The Bertz CT molecular complexity index is 561. The minimum absolute atomic E-state index is 0.0138. The number of carboxylic acid groups (broad SMARTS) is 1. The number of amides is 2. The maximum absolute atomic E-state index is 12.1. The second-order valence-corrected chi connectivity index (χ2v) is 4.94. The Kier molecular flexibility index (Phi) is 3.13. The van der Waals surface area contributed by atoms with E-state index < -0.39 is 5.97 Å². The van der Waals surface area contributed by atoms with Crippen LogP contribution in [0.15, 0.2) is 18.3 Å². The van der Waals surface area contributed by atoms with Crippen LogP contribution in [0, 0.1) is 0 Å². The van der Waals surface area contributed by atoms with Gasteiger partial charge in [0.15, 0.2) is 5.69 Å². The molecule has 0 bridgehead atoms. The molecule has 2 amide bonds. The summed E-state index contributed by atoms with van der Waals surface area (Å²) in [5, 5.41) is 16.1. The normalized spacial score (nSPS) is 19.0. The molecule has 0 spiro atoms. The van der Waals surface area contributed by atoms with Gasteiger partial charge in [-0.05, 0) is 6.42 Å². The average molecular weight is 277 g/mol. The van der Waals surface area contributed by atoms with Crippen LogP contribution in [0.25, 0.3) is 0 Å². The second-order valence-electron chi connectivity index (χ2n) is 4.94. The molecular formula is C12H15N5O3. The van der Waals surface area contributed by atoms with Gasteiger partial charge in [0, 0.05) is 26.2 Å². The molecule has 1 fully saturated rings. The molecule has 20 heavy (non-hydrogen) atoms. The number of hydrogen-bond acceptors (Lipinski definition) is 4. The van der Waals surface area contributed by atoms with Crippen molar-refractivity contribution in [2.75, 3.05) is 26.2 Å². The zero-order valence-electron chi connectivity index (χ0n) is 10.8. The van der Waals surface area contributed by atoms with Crippen molar-refractivity contribution in [2.45, 2.75) is 12.5 Å². The lowest BCUT2D eigenvalue weighted by molar-refractivity contribution is 0.0689. The fraction of sp³-hybridized carbons (Fsp3) is 0.500. The van der Waals surface area contributed by atoms with Crippen molar-refractivity contribution >= 4 is 12.0 Å². The fourth-order valence-electron chi connectivity index (χ4n) is 2.35. The summed E-state index contributed by atoms with van der Waals surface area (Å²) in [7, 11) is 0. The molecule has 0 radical (unpaired) electrons. The van der Waals surface area contributed by atoms with Crippen LogP contribution in [0.4, 0.5) is 4.79 Å². The van der Waals surface area contributed by atoms with Gasteiger partial charge in [-0.25, -0.2) is 14.3 Å². The first-order valence-electron chi connectivity index (χ1n) is 6.49. The molecule has 8 heteroatoms. The Morgan fingerprint density at radius 3 is 2.65 bits per heavy atom. The van der Waals surface area contributed by atoms with Crippen molar-refractivity contribution in [3.8, 4) is 0 Å². The molecule has 1 N–H and O–H groups in total. The highest BCUT2D eigenvalue weighted by Crippen LogP contribution is 2.22. The summed E-state index contributed by atoms with van der Waals surface area (Å²) in [6.07, 6.45) is 6.37. The summed E-state index contributed by atoms with van der Waals surface area (Å²) in [5.41, 5.74) is -0.0732. The van der Waals surface area contributed by atoms with Gasteiger partial charge >= 0.3 is 12.0 Å². The van der Waals surface area contributed by atoms with Crippen LogP contribution in [0.3, 0.4) is 0 Å². The van der Waals surface area contributed by atoms with Crippen molar-refractivity contribution in [3.05, 3.63) is 24.0 Å². The molecule has 0 atom stereocenters. The number of aromatic nitrogens is 3. The number of carbonyl (C=O) groups excluding carboxylic acids is 1. The maximum Gasteiger partial charge on any atom is 0.358 e. The van der Waals surface area contributed by atoms with Gasteiger partial charge in [-0.1, -0.05) is 17.4 Å². The summed E-state index contributed by atoms with van der Waals surface area (Å²) in [6.45, 7) is 2.50. The van der Waals surface area contributed by atoms with Gasteiger partial charge in [-0.15, -0.1) is 5.10 Å². The van der Waals surface area contributed by atoms with Gasteiger partial charge in [-0.3, -0.25) is 0 Å². The lowest BCUT2D eigenvalue weighted by Crippen LogP contribution is -2.55. The molecule has 0 aliphatic carbocycles. The molecule has 2 aliphatic heterocycles. The molecule has 2 aliphatic rings. The summed E-state index contributed by atoms with van der Waals surface area (Å²) in [4.78, 5) is 26.4. The number of urea groups is 1. The van der Waals surface area contributed by atoms with Crippen LogP contribution >= 0.6 is 0 Å². The molecule has 3 rings (SSSR count). The van der Waals surface area contributed by atoms with E-state index in [0.717, 1.165) is 13.0 Å². The number of carboxylic acids is 1. The molecule has 8 nitrogen and oxygen atoms in total. The Morgan fingerprint density at radius 2 is 2.05 bits per heavy atom. The highest BCUT2D eigenvalue weighted by molar-refractivity contribution is 5.84. The Labute approximate surface area is 115 Å². The number of carbonyl (C=O) groups is 2. The molecule has 0 saturated carbocycles. The van der Waals surface area contributed by atoms with Crippen molar-refractivity contribution < 1.29 is 14.7 Å². The fourth-order valence-corrected chi connectivity index (χ4v) is 2.35. The van der Waals surface area contributed by atoms with Crippen LogP contribution in [0.5, 0.6) is 0 Å². The SMILES string of the molecule is O=C(O)c1cn(C2CN(C(=O)N3CC=CCC3)C2)nn1. The van der Waals surface area contributed by atoms with Crippen molar-refractivity contribution in [2.24, 2.45) is 0 Å². The van der Waals surface area contributed by atoms with Crippen molar-refractivity contribution in [3.63, 3.8) is 0 Å².